The van der Waals surface area contributed by atoms with Crippen LogP contribution in [0.15, 0.2) is 72.8 Å². The van der Waals surface area contributed by atoms with Crippen LogP contribution in [0, 0.1) is 0 Å². The van der Waals surface area contributed by atoms with Crippen LogP contribution in [0.4, 0.5) is 5.69 Å². The third-order valence-electron chi connectivity index (χ3n) is 6.02. The summed E-state index contributed by atoms with van der Waals surface area (Å²) in [5.74, 6) is 0.236. The van der Waals surface area contributed by atoms with Gasteiger partial charge in [-0.2, -0.15) is 0 Å². The Labute approximate surface area is 194 Å². The van der Waals surface area contributed by atoms with Crippen LogP contribution >= 0.6 is 11.6 Å². The highest BCUT2D eigenvalue weighted by molar-refractivity contribution is 6.33. The molecule has 1 aliphatic rings. The SMILES string of the molecule is COc1cc(N)c(Cl)cc1C(=O)NC1CCN(C(c2ccccc2)c2ccccc2)CC1. The number of hydrogen-bond acceptors (Lipinski definition) is 4. The molecule has 1 heterocycles. The summed E-state index contributed by atoms with van der Waals surface area (Å²) in [5, 5.41) is 3.50. The number of rotatable bonds is 6. The molecule has 3 aromatic rings. The number of hydrogen-bond donors (Lipinski definition) is 2. The van der Waals surface area contributed by atoms with E-state index in [0.717, 1.165) is 25.9 Å². The molecule has 0 unspecified atom stereocenters. The van der Waals surface area contributed by atoms with Gasteiger partial charge in [0.2, 0.25) is 0 Å². The minimum Gasteiger partial charge on any atom is -0.496 e. The molecular formula is C26H28ClN3O2. The van der Waals surface area contributed by atoms with Gasteiger partial charge in [-0.15, -0.1) is 0 Å². The van der Waals surface area contributed by atoms with E-state index in [-0.39, 0.29) is 18.0 Å². The number of nitrogens with two attached hydrogens (primary N) is 1. The van der Waals surface area contributed by atoms with Crippen LogP contribution < -0.4 is 15.8 Å². The zero-order chi connectivity index (χ0) is 22.5. The topological polar surface area (TPSA) is 67.6 Å². The van der Waals surface area contributed by atoms with Crippen LogP contribution in [0.5, 0.6) is 5.75 Å². The lowest BCUT2D eigenvalue weighted by molar-refractivity contribution is 0.0897. The molecule has 6 heteroatoms. The standard InChI is InChI=1S/C26H28ClN3O2/c1-32-24-17-23(28)22(27)16-21(24)26(31)29-20-12-14-30(15-13-20)25(18-8-4-2-5-9-18)19-10-6-3-7-11-19/h2-11,16-17,20,25H,12-15,28H2,1H3,(H,29,31). The van der Waals surface area contributed by atoms with Crippen LogP contribution in [0.3, 0.4) is 0 Å². The number of nitrogen functional groups attached to an aromatic ring is 1. The number of ether oxygens (including phenoxy) is 1. The fourth-order valence-electron chi connectivity index (χ4n) is 4.37. The monoisotopic (exact) mass is 449 g/mol. The van der Waals surface area contributed by atoms with Gasteiger partial charge in [0.15, 0.2) is 0 Å². The number of benzene rings is 3. The minimum absolute atomic E-state index is 0.0898. The molecule has 3 N–H and O–H groups in total. The van der Waals surface area contributed by atoms with Crippen molar-refractivity contribution >= 4 is 23.2 Å². The number of carbonyl (C=O) groups is 1. The number of methoxy groups -OCH3 is 1. The quantitative estimate of drug-likeness (QED) is 0.524. The van der Waals surface area contributed by atoms with E-state index in [1.807, 2.05) is 12.1 Å². The van der Waals surface area contributed by atoms with Gasteiger partial charge in [0.05, 0.1) is 29.4 Å². The summed E-state index contributed by atoms with van der Waals surface area (Å²) >= 11 is 6.13. The second-order valence-corrected chi connectivity index (χ2v) is 8.49. The van der Waals surface area contributed by atoms with E-state index in [9.17, 15) is 4.79 Å². The van der Waals surface area contributed by atoms with Crippen molar-refractivity contribution in [1.82, 2.24) is 10.2 Å². The van der Waals surface area contributed by atoms with E-state index in [1.54, 1.807) is 12.1 Å². The van der Waals surface area contributed by atoms with Gasteiger partial charge in [-0.3, -0.25) is 9.69 Å². The van der Waals surface area contributed by atoms with Crippen molar-refractivity contribution in [3.05, 3.63) is 94.5 Å². The molecule has 4 rings (SSSR count). The Kier molecular flexibility index (Phi) is 6.98. The maximum atomic E-state index is 12.9. The number of halogens is 1. The third kappa shape index (κ3) is 4.90. The number of amides is 1. The second-order valence-electron chi connectivity index (χ2n) is 8.08. The number of piperidine rings is 1. The van der Waals surface area contributed by atoms with Crippen molar-refractivity contribution in [1.29, 1.82) is 0 Å². The predicted molar refractivity (Wildman–Crippen MR) is 129 cm³/mol. The summed E-state index contributed by atoms with van der Waals surface area (Å²) in [4.78, 5) is 15.4. The largest absolute Gasteiger partial charge is 0.496 e. The lowest BCUT2D eigenvalue weighted by atomic mass is 9.94. The predicted octanol–water partition coefficient (Wildman–Crippen LogP) is 4.91. The van der Waals surface area contributed by atoms with Crippen molar-refractivity contribution in [2.75, 3.05) is 25.9 Å². The summed E-state index contributed by atoms with van der Waals surface area (Å²) < 4.78 is 5.33. The molecule has 0 aliphatic carbocycles. The van der Waals surface area contributed by atoms with Crippen LogP contribution in [0.1, 0.15) is 40.4 Å². The summed E-state index contributed by atoms with van der Waals surface area (Å²) in [7, 11) is 1.52. The fraction of sp³-hybridized carbons (Fsp3) is 0.269. The first-order chi connectivity index (χ1) is 15.6. The first kappa shape index (κ1) is 22.2. The Balaban J connectivity index is 1.45. The molecule has 0 radical (unpaired) electrons. The maximum Gasteiger partial charge on any atom is 0.255 e. The zero-order valence-electron chi connectivity index (χ0n) is 18.1. The molecule has 0 spiro atoms. The van der Waals surface area contributed by atoms with Gasteiger partial charge >= 0.3 is 0 Å². The van der Waals surface area contributed by atoms with E-state index in [1.165, 1.54) is 18.2 Å². The number of carbonyl (C=O) groups excluding carboxylic acids is 1. The molecule has 5 nitrogen and oxygen atoms in total. The van der Waals surface area contributed by atoms with Gasteiger partial charge < -0.3 is 15.8 Å². The Bertz CT molecular complexity index is 1010. The number of nitrogens with zero attached hydrogens (tertiary/aromatic N) is 1. The van der Waals surface area contributed by atoms with Crippen molar-refractivity contribution in [3.63, 3.8) is 0 Å². The van der Waals surface area contributed by atoms with Crippen molar-refractivity contribution in [3.8, 4) is 5.75 Å². The normalized spacial score (nSPS) is 15.0. The summed E-state index contributed by atoms with van der Waals surface area (Å²) in [6.45, 7) is 1.78. The molecular weight excluding hydrogens is 422 g/mol. The van der Waals surface area contributed by atoms with E-state index >= 15 is 0 Å². The van der Waals surface area contributed by atoms with Crippen molar-refractivity contribution in [2.24, 2.45) is 0 Å². The van der Waals surface area contributed by atoms with Gasteiger partial charge in [-0.25, -0.2) is 0 Å². The van der Waals surface area contributed by atoms with Crippen LogP contribution in [0.2, 0.25) is 5.02 Å². The van der Waals surface area contributed by atoms with Crippen LogP contribution in [0.25, 0.3) is 0 Å². The van der Waals surface area contributed by atoms with E-state index in [4.69, 9.17) is 22.1 Å². The van der Waals surface area contributed by atoms with Crippen LogP contribution in [-0.4, -0.2) is 37.0 Å². The maximum absolute atomic E-state index is 12.9. The molecule has 0 atom stereocenters. The summed E-state index contributed by atoms with van der Waals surface area (Å²) in [5.41, 5.74) is 9.19. The van der Waals surface area contributed by atoms with Crippen molar-refractivity contribution < 1.29 is 9.53 Å². The number of nitrogens with one attached hydrogen (secondary N) is 1. The molecule has 32 heavy (non-hydrogen) atoms. The van der Waals surface area contributed by atoms with E-state index < -0.39 is 0 Å². The highest BCUT2D eigenvalue weighted by Gasteiger charge is 2.28. The average molecular weight is 450 g/mol. The van der Waals surface area contributed by atoms with Gasteiger partial charge in [0, 0.05) is 25.2 Å². The van der Waals surface area contributed by atoms with E-state index in [0.29, 0.717) is 22.0 Å². The van der Waals surface area contributed by atoms with E-state index in [2.05, 4.69) is 58.7 Å². The summed E-state index contributed by atoms with van der Waals surface area (Å²) in [6.07, 6.45) is 1.74. The zero-order valence-corrected chi connectivity index (χ0v) is 18.9. The molecule has 0 bridgehead atoms. The second kappa shape index (κ2) is 10.1. The number of anilines is 1. The Morgan fingerprint density at radius 1 is 1.03 bits per heavy atom. The molecule has 0 saturated carbocycles. The molecule has 1 amide bonds. The molecule has 3 aromatic carbocycles. The molecule has 1 saturated heterocycles. The third-order valence-corrected chi connectivity index (χ3v) is 6.35. The molecule has 0 aromatic heterocycles. The first-order valence-corrected chi connectivity index (χ1v) is 11.2. The lowest BCUT2D eigenvalue weighted by Gasteiger charge is -2.38. The molecule has 1 aliphatic heterocycles. The lowest BCUT2D eigenvalue weighted by Crippen LogP contribution is -2.46. The average Bonchev–Trinajstić information content (AvgIpc) is 2.83. The van der Waals surface area contributed by atoms with Gasteiger partial charge in [0.25, 0.3) is 5.91 Å². The van der Waals surface area contributed by atoms with Gasteiger partial charge in [-0.05, 0) is 30.0 Å². The Hall–Kier alpha value is -3.02. The van der Waals surface area contributed by atoms with Crippen LogP contribution in [-0.2, 0) is 0 Å². The first-order valence-electron chi connectivity index (χ1n) is 10.8. The molecule has 166 valence electrons. The number of likely N-dealkylation sites (tertiary alicyclic amines) is 1. The van der Waals surface area contributed by atoms with Gasteiger partial charge in [0.1, 0.15) is 5.75 Å². The highest BCUT2D eigenvalue weighted by Crippen LogP contribution is 2.32. The minimum atomic E-state index is -0.190. The van der Waals surface area contributed by atoms with Crippen molar-refractivity contribution in [2.45, 2.75) is 24.9 Å². The van der Waals surface area contributed by atoms with Gasteiger partial charge in [-0.1, -0.05) is 72.3 Å². The Morgan fingerprint density at radius 2 is 1.59 bits per heavy atom. The Morgan fingerprint density at radius 3 is 2.12 bits per heavy atom. The summed E-state index contributed by atoms with van der Waals surface area (Å²) in [6, 6.07) is 24.6. The smallest absolute Gasteiger partial charge is 0.255 e. The fourth-order valence-corrected chi connectivity index (χ4v) is 4.53. The highest BCUT2D eigenvalue weighted by atomic mass is 35.5. The molecule has 1 fully saturated rings.